The summed E-state index contributed by atoms with van der Waals surface area (Å²) < 4.78 is 3.10. The zero-order valence-electron chi connectivity index (χ0n) is 12.3. The van der Waals surface area contributed by atoms with Crippen molar-refractivity contribution in [3.63, 3.8) is 0 Å². The van der Waals surface area contributed by atoms with Crippen LogP contribution in [0.5, 0.6) is 0 Å². The number of nitrogens with zero attached hydrogens (tertiary/aromatic N) is 2. The van der Waals surface area contributed by atoms with Crippen molar-refractivity contribution in [1.82, 2.24) is 9.13 Å². The monoisotopic (exact) mass is 298 g/mol. The van der Waals surface area contributed by atoms with Crippen LogP contribution in [0.25, 0.3) is 11.0 Å². The van der Waals surface area contributed by atoms with Crippen molar-refractivity contribution in [1.29, 1.82) is 0 Å². The van der Waals surface area contributed by atoms with Crippen molar-refractivity contribution in [2.45, 2.75) is 12.1 Å². The Hall–Kier alpha value is -2.37. The molecule has 2 aromatic carbocycles. The van der Waals surface area contributed by atoms with E-state index >= 15 is 0 Å². The molecule has 5 nitrogen and oxygen atoms in total. The first-order valence-electron chi connectivity index (χ1n) is 7.15. The molecule has 3 aromatic rings. The summed E-state index contributed by atoms with van der Waals surface area (Å²) in [4.78, 5) is 12.7. The van der Waals surface area contributed by atoms with Crippen LogP contribution >= 0.6 is 0 Å². The van der Waals surface area contributed by atoms with Gasteiger partial charge in [0.15, 0.2) is 0 Å². The maximum absolute atomic E-state index is 12.7. The fourth-order valence-corrected chi connectivity index (χ4v) is 2.88. The molecule has 0 unspecified atom stereocenters. The highest BCUT2D eigenvalue weighted by atomic mass is 16.3. The molecule has 0 aliphatic carbocycles. The zero-order valence-corrected chi connectivity index (χ0v) is 12.3. The van der Waals surface area contributed by atoms with Crippen LogP contribution in [-0.4, -0.2) is 32.1 Å². The summed E-state index contributed by atoms with van der Waals surface area (Å²) in [7, 11) is 1.70. The summed E-state index contributed by atoms with van der Waals surface area (Å²) in [5.74, 6) is 0. The number of hydrogen-bond donors (Lipinski definition) is 2. The molecule has 22 heavy (non-hydrogen) atoms. The molecule has 2 atom stereocenters. The van der Waals surface area contributed by atoms with Gasteiger partial charge in [-0.2, -0.15) is 0 Å². The smallest absolute Gasteiger partial charge is 0.329 e. The zero-order chi connectivity index (χ0) is 15.7. The Balaban J connectivity index is 2.30. The highest BCUT2D eigenvalue weighted by Gasteiger charge is 2.26. The van der Waals surface area contributed by atoms with E-state index in [0.717, 1.165) is 16.6 Å². The summed E-state index contributed by atoms with van der Waals surface area (Å²) >= 11 is 0. The predicted molar refractivity (Wildman–Crippen MR) is 84.9 cm³/mol. The summed E-state index contributed by atoms with van der Waals surface area (Å²) in [6, 6.07) is 16.1. The van der Waals surface area contributed by atoms with Crippen LogP contribution in [0.4, 0.5) is 0 Å². The van der Waals surface area contributed by atoms with Crippen molar-refractivity contribution in [3.05, 3.63) is 70.6 Å². The van der Waals surface area contributed by atoms with Gasteiger partial charge in [0.2, 0.25) is 0 Å². The molecule has 114 valence electrons. The number of para-hydroxylation sites is 2. The van der Waals surface area contributed by atoms with Crippen molar-refractivity contribution in [2.24, 2.45) is 7.05 Å². The van der Waals surface area contributed by atoms with Gasteiger partial charge in [0.05, 0.1) is 23.7 Å². The molecule has 1 aromatic heterocycles. The molecule has 0 spiro atoms. The Morgan fingerprint density at radius 2 is 1.59 bits per heavy atom. The molecule has 5 heteroatoms. The lowest BCUT2D eigenvalue weighted by molar-refractivity contribution is 0.0641. The van der Waals surface area contributed by atoms with Crippen LogP contribution in [-0.2, 0) is 7.05 Å². The Labute approximate surface area is 127 Å². The Morgan fingerprint density at radius 1 is 1.00 bits per heavy atom. The van der Waals surface area contributed by atoms with E-state index in [-0.39, 0.29) is 5.69 Å². The second-order valence-corrected chi connectivity index (χ2v) is 5.31. The standard InChI is InChI=1S/C17H18N2O3/c1-18-13-9-5-6-10-14(13)19(17(18)22)16(15(21)11-20)12-7-3-2-4-8-12/h2-10,15-16,20-21H,11H2,1H3/t15-,16+/m1/s1. The predicted octanol–water partition coefficient (Wildman–Crippen LogP) is 1.28. The highest BCUT2D eigenvalue weighted by molar-refractivity contribution is 5.76. The van der Waals surface area contributed by atoms with E-state index in [4.69, 9.17) is 0 Å². The van der Waals surface area contributed by atoms with Gasteiger partial charge in [0.1, 0.15) is 6.10 Å². The van der Waals surface area contributed by atoms with Crippen LogP contribution in [0.15, 0.2) is 59.4 Å². The summed E-state index contributed by atoms with van der Waals surface area (Å²) in [5.41, 5.74) is 2.08. The molecule has 0 bridgehead atoms. The maximum atomic E-state index is 12.7. The third kappa shape index (κ3) is 2.24. The summed E-state index contributed by atoms with van der Waals surface area (Å²) in [6.45, 7) is -0.421. The largest absolute Gasteiger partial charge is 0.394 e. The summed E-state index contributed by atoms with van der Waals surface area (Å²) in [5, 5.41) is 19.7. The summed E-state index contributed by atoms with van der Waals surface area (Å²) in [6.07, 6.45) is -1.06. The van der Waals surface area contributed by atoms with Gasteiger partial charge in [-0.15, -0.1) is 0 Å². The van der Waals surface area contributed by atoms with Gasteiger partial charge in [0, 0.05) is 7.05 Å². The molecule has 0 fully saturated rings. The molecule has 0 saturated heterocycles. The van der Waals surface area contributed by atoms with Gasteiger partial charge in [-0.3, -0.25) is 9.13 Å². The van der Waals surface area contributed by atoms with Gasteiger partial charge >= 0.3 is 5.69 Å². The van der Waals surface area contributed by atoms with Gasteiger partial charge < -0.3 is 10.2 Å². The number of imidazole rings is 1. The number of aliphatic hydroxyl groups excluding tert-OH is 2. The molecule has 0 aliphatic rings. The minimum atomic E-state index is -1.06. The molecule has 0 saturated carbocycles. The fraction of sp³-hybridized carbons (Fsp3) is 0.235. The van der Waals surface area contributed by atoms with E-state index in [0.29, 0.717) is 0 Å². The van der Waals surface area contributed by atoms with E-state index in [1.807, 2.05) is 54.6 Å². The Bertz CT molecular complexity index is 836. The molecule has 1 heterocycles. The fourth-order valence-electron chi connectivity index (χ4n) is 2.88. The first-order chi connectivity index (χ1) is 10.6. The number of hydrogen-bond acceptors (Lipinski definition) is 3. The third-order valence-electron chi connectivity index (χ3n) is 3.97. The van der Waals surface area contributed by atoms with Gasteiger partial charge in [-0.1, -0.05) is 42.5 Å². The van der Waals surface area contributed by atoms with E-state index in [2.05, 4.69) is 0 Å². The van der Waals surface area contributed by atoms with Gasteiger partial charge in [-0.25, -0.2) is 4.79 Å². The van der Waals surface area contributed by atoms with Crippen LogP contribution < -0.4 is 5.69 Å². The second-order valence-electron chi connectivity index (χ2n) is 5.31. The molecular formula is C17H18N2O3. The molecule has 0 radical (unpaired) electrons. The topological polar surface area (TPSA) is 67.4 Å². The maximum Gasteiger partial charge on any atom is 0.329 e. The minimum absolute atomic E-state index is 0.220. The van der Waals surface area contributed by atoms with Crippen molar-refractivity contribution >= 4 is 11.0 Å². The highest BCUT2D eigenvalue weighted by Crippen LogP contribution is 2.25. The second kappa shape index (κ2) is 5.79. The van der Waals surface area contributed by atoms with Crippen LogP contribution in [0, 0.1) is 0 Å². The quantitative estimate of drug-likeness (QED) is 0.762. The number of rotatable bonds is 4. The lowest BCUT2D eigenvalue weighted by Crippen LogP contribution is -2.35. The van der Waals surface area contributed by atoms with Crippen LogP contribution in [0.3, 0.4) is 0 Å². The number of aryl methyl sites for hydroxylation is 1. The Morgan fingerprint density at radius 3 is 2.23 bits per heavy atom. The first-order valence-corrected chi connectivity index (χ1v) is 7.15. The normalized spacial score (nSPS) is 14.1. The lowest BCUT2D eigenvalue weighted by Gasteiger charge is -2.23. The molecule has 2 N–H and O–H groups in total. The van der Waals surface area contributed by atoms with Crippen LogP contribution in [0.1, 0.15) is 11.6 Å². The van der Waals surface area contributed by atoms with Gasteiger partial charge in [-0.05, 0) is 17.7 Å². The molecule has 0 aliphatic heterocycles. The number of aliphatic hydroxyl groups is 2. The number of fused-ring (bicyclic) bond motifs is 1. The van der Waals surface area contributed by atoms with E-state index in [1.54, 1.807) is 16.2 Å². The average Bonchev–Trinajstić information content (AvgIpc) is 2.81. The SMILES string of the molecule is Cn1c(=O)n([C@@H](c2ccccc2)[C@H](O)CO)c2ccccc21. The van der Waals surface area contributed by atoms with E-state index in [1.165, 1.54) is 0 Å². The lowest BCUT2D eigenvalue weighted by atomic mass is 10.0. The average molecular weight is 298 g/mol. The van der Waals surface area contributed by atoms with E-state index < -0.39 is 18.8 Å². The van der Waals surface area contributed by atoms with Crippen molar-refractivity contribution < 1.29 is 10.2 Å². The minimum Gasteiger partial charge on any atom is -0.394 e. The number of benzene rings is 2. The van der Waals surface area contributed by atoms with Crippen molar-refractivity contribution in [3.8, 4) is 0 Å². The van der Waals surface area contributed by atoms with Crippen LogP contribution in [0.2, 0.25) is 0 Å². The Kier molecular flexibility index (Phi) is 3.83. The first kappa shape index (κ1) is 14.6. The number of aromatic nitrogens is 2. The van der Waals surface area contributed by atoms with Gasteiger partial charge in [0.25, 0.3) is 0 Å². The van der Waals surface area contributed by atoms with E-state index in [9.17, 15) is 15.0 Å². The third-order valence-corrected chi connectivity index (χ3v) is 3.97. The molecule has 0 amide bonds. The van der Waals surface area contributed by atoms with Crippen molar-refractivity contribution in [2.75, 3.05) is 6.61 Å². The molecular weight excluding hydrogens is 280 g/mol. The molecule has 3 rings (SSSR count).